The molecule has 1 aliphatic rings. The number of hydrogen-bond acceptors (Lipinski definition) is 5. The molecular formula is C22H27FN4O3S. The van der Waals surface area contributed by atoms with Crippen molar-refractivity contribution in [3.63, 3.8) is 0 Å². The van der Waals surface area contributed by atoms with Gasteiger partial charge >= 0.3 is 6.03 Å². The zero-order valence-electron chi connectivity index (χ0n) is 17.7. The lowest BCUT2D eigenvalue weighted by molar-refractivity contribution is -0.133. The highest BCUT2D eigenvalue weighted by atomic mass is 32.1. The summed E-state index contributed by atoms with van der Waals surface area (Å²) >= 11 is 1.55. The van der Waals surface area contributed by atoms with E-state index in [1.54, 1.807) is 30.6 Å². The van der Waals surface area contributed by atoms with Gasteiger partial charge in [0.25, 0.3) is 5.91 Å². The number of ether oxygens (including phenoxy) is 1. The van der Waals surface area contributed by atoms with Crippen molar-refractivity contribution in [2.75, 3.05) is 33.4 Å². The highest BCUT2D eigenvalue weighted by Gasteiger charge is 2.34. The van der Waals surface area contributed by atoms with Gasteiger partial charge in [0, 0.05) is 26.6 Å². The second-order valence-electron chi connectivity index (χ2n) is 7.18. The molecule has 0 saturated carbocycles. The summed E-state index contributed by atoms with van der Waals surface area (Å²) in [6.45, 7) is 2.96. The number of nitrogens with one attached hydrogen (secondary N) is 1. The number of thiophene rings is 1. The normalized spacial score (nSPS) is 15.6. The number of carbonyl (C=O) groups is 2. The van der Waals surface area contributed by atoms with Crippen LogP contribution < -0.4 is 5.32 Å². The Morgan fingerprint density at radius 3 is 2.74 bits per heavy atom. The molecule has 1 atom stereocenters. The first kappa shape index (κ1) is 22.9. The summed E-state index contributed by atoms with van der Waals surface area (Å²) in [6, 6.07) is 9.33. The zero-order valence-corrected chi connectivity index (χ0v) is 18.5. The lowest BCUT2D eigenvalue weighted by Gasteiger charge is -2.27. The first-order valence-corrected chi connectivity index (χ1v) is 11.1. The van der Waals surface area contributed by atoms with Crippen molar-refractivity contribution in [2.24, 2.45) is 5.10 Å². The molecule has 7 nitrogen and oxygen atoms in total. The van der Waals surface area contributed by atoms with Crippen molar-refractivity contribution >= 4 is 29.0 Å². The van der Waals surface area contributed by atoms with Crippen LogP contribution in [0.15, 0.2) is 46.9 Å². The van der Waals surface area contributed by atoms with E-state index in [0.717, 1.165) is 22.6 Å². The summed E-state index contributed by atoms with van der Waals surface area (Å²) in [7, 11) is 1.55. The summed E-state index contributed by atoms with van der Waals surface area (Å²) in [4.78, 5) is 28.2. The van der Waals surface area contributed by atoms with Crippen LogP contribution in [0.2, 0.25) is 0 Å². The fourth-order valence-electron chi connectivity index (χ4n) is 3.31. The molecule has 0 spiro atoms. The molecule has 2 heterocycles. The molecule has 0 radical (unpaired) electrons. The third-order valence-corrected chi connectivity index (χ3v) is 5.85. The van der Waals surface area contributed by atoms with Gasteiger partial charge in [0.05, 0.1) is 23.2 Å². The van der Waals surface area contributed by atoms with Gasteiger partial charge in [-0.2, -0.15) is 5.10 Å². The van der Waals surface area contributed by atoms with Gasteiger partial charge in [-0.3, -0.25) is 4.79 Å². The van der Waals surface area contributed by atoms with Crippen LogP contribution in [-0.2, 0) is 9.53 Å². The second kappa shape index (κ2) is 11.0. The van der Waals surface area contributed by atoms with Gasteiger partial charge < -0.3 is 15.0 Å². The lowest BCUT2D eigenvalue weighted by Crippen LogP contribution is -2.47. The molecule has 2 aromatic rings. The minimum absolute atomic E-state index is 0.127. The number of carbonyl (C=O) groups excluding carboxylic acids is 2. The third-order valence-electron chi connectivity index (χ3n) is 4.93. The molecule has 0 bridgehead atoms. The van der Waals surface area contributed by atoms with E-state index in [1.165, 1.54) is 22.0 Å². The molecule has 1 aromatic heterocycles. The number of urea groups is 1. The smallest absolute Gasteiger partial charge is 0.317 e. The van der Waals surface area contributed by atoms with E-state index in [9.17, 15) is 14.0 Å². The van der Waals surface area contributed by atoms with Gasteiger partial charge in [0.2, 0.25) is 0 Å². The highest BCUT2D eigenvalue weighted by Crippen LogP contribution is 2.34. The van der Waals surface area contributed by atoms with Crippen LogP contribution in [0.25, 0.3) is 0 Å². The molecule has 1 aliphatic heterocycles. The van der Waals surface area contributed by atoms with E-state index in [4.69, 9.17) is 4.74 Å². The van der Waals surface area contributed by atoms with E-state index in [-0.39, 0.29) is 36.9 Å². The number of nitrogens with zero attached hydrogens (tertiary/aromatic N) is 3. The minimum atomic E-state index is -0.354. The Kier molecular flexibility index (Phi) is 8.13. The molecular weight excluding hydrogens is 419 g/mol. The fourth-order valence-corrected chi connectivity index (χ4v) is 4.03. The Labute approximate surface area is 185 Å². The monoisotopic (exact) mass is 446 g/mol. The second-order valence-corrected chi connectivity index (χ2v) is 8.13. The Morgan fingerprint density at radius 1 is 1.32 bits per heavy atom. The maximum atomic E-state index is 13.4. The molecule has 166 valence electrons. The van der Waals surface area contributed by atoms with Gasteiger partial charge in [0.15, 0.2) is 0 Å². The molecule has 3 amide bonds. The molecule has 3 rings (SSSR count). The fraction of sp³-hybridized carbons (Fsp3) is 0.409. The Balaban J connectivity index is 1.82. The largest absolute Gasteiger partial charge is 0.383 e. The molecule has 0 aliphatic carbocycles. The van der Waals surface area contributed by atoms with Crippen LogP contribution in [-0.4, -0.2) is 60.9 Å². The van der Waals surface area contributed by atoms with Crippen LogP contribution in [0, 0.1) is 5.82 Å². The first-order valence-electron chi connectivity index (χ1n) is 10.2. The summed E-state index contributed by atoms with van der Waals surface area (Å²) in [5, 5.41) is 10.8. The van der Waals surface area contributed by atoms with Crippen molar-refractivity contribution in [3.8, 4) is 0 Å². The Morgan fingerprint density at radius 2 is 2.10 bits per heavy atom. The van der Waals surface area contributed by atoms with E-state index in [2.05, 4.69) is 10.4 Å². The lowest BCUT2D eigenvalue weighted by atomic mass is 10.0. The number of halogens is 1. The molecule has 31 heavy (non-hydrogen) atoms. The SMILES string of the molecule is CCCNC(=O)N(CCOC)CC(=O)N1N=C(c2cccs2)C[C@@H]1c1ccc(F)cc1. The van der Waals surface area contributed by atoms with Crippen LogP contribution in [0.4, 0.5) is 9.18 Å². The maximum Gasteiger partial charge on any atom is 0.317 e. The predicted octanol–water partition coefficient (Wildman–Crippen LogP) is 3.63. The molecule has 1 aromatic carbocycles. The van der Waals surface area contributed by atoms with Gasteiger partial charge in [-0.1, -0.05) is 25.1 Å². The average Bonchev–Trinajstić information content (AvgIpc) is 3.45. The van der Waals surface area contributed by atoms with Crippen LogP contribution in [0.3, 0.4) is 0 Å². The Hall–Kier alpha value is -2.78. The van der Waals surface area contributed by atoms with E-state index in [0.29, 0.717) is 19.6 Å². The highest BCUT2D eigenvalue weighted by molar-refractivity contribution is 7.12. The summed E-state index contributed by atoms with van der Waals surface area (Å²) in [5.41, 5.74) is 1.60. The van der Waals surface area contributed by atoms with E-state index < -0.39 is 0 Å². The maximum absolute atomic E-state index is 13.4. The summed E-state index contributed by atoms with van der Waals surface area (Å²) in [5.74, 6) is -0.638. The van der Waals surface area contributed by atoms with Crippen LogP contribution in [0.1, 0.15) is 36.2 Å². The van der Waals surface area contributed by atoms with Gasteiger partial charge in [-0.25, -0.2) is 14.2 Å². The van der Waals surface area contributed by atoms with Crippen molar-refractivity contribution in [2.45, 2.75) is 25.8 Å². The van der Waals surface area contributed by atoms with Crippen molar-refractivity contribution in [3.05, 3.63) is 58.0 Å². The number of rotatable bonds is 9. The van der Waals surface area contributed by atoms with E-state index in [1.807, 2.05) is 24.4 Å². The topological polar surface area (TPSA) is 74.2 Å². The zero-order chi connectivity index (χ0) is 22.2. The minimum Gasteiger partial charge on any atom is -0.383 e. The third kappa shape index (κ3) is 5.89. The van der Waals surface area contributed by atoms with Crippen molar-refractivity contribution < 1.29 is 18.7 Å². The molecule has 0 unspecified atom stereocenters. The van der Waals surface area contributed by atoms with Crippen molar-refractivity contribution in [1.29, 1.82) is 0 Å². The first-order chi connectivity index (χ1) is 15.0. The number of benzene rings is 1. The van der Waals surface area contributed by atoms with Crippen LogP contribution >= 0.6 is 11.3 Å². The predicted molar refractivity (Wildman–Crippen MR) is 119 cm³/mol. The number of amides is 3. The van der Waals surface area contributed by atoms with Crippen LogP contribution in [0.5, 0.6) is 0 Å². The molecule has 1 N–H and O–H groups in total. The summed E-state index contributed by atoms with van der Waals surface area (Å²) in [6.07, 6.45) is 1.32. The number of hydrazone groups is 1. The molecule has 0 saturated heterocycles. The van der Waals surface area contributed by atoms with Gasteiger partial charge in [-0.15, -0.1) is 11.3 Å². The molecule has 0 fully saturated rings. The quantitative estimate of drug-likeness (QED) is 0.639. The van der Waals surface area contributed by atoms with Gasteiger partial charge in [0.1, 0.15) is 12.4 Å². The van der Waals surface area contributed by atoms with E-state index >= 15 is 0 Å². The molecule has 9 heteroatoms. The van der Waals surface area contributed by atoms with Crippen molar-refractivity contribution in [1.82, 2.24) is 15.2 Å². The summed E-state index contributed by atoms with van der Waals surface area (Å²) < 4.78 is 18.5. The number of hydrogen-bond donors (Lipinski definition) is 1. The average molecular weight is 447 g/mol. The number of methoxy groups -OCH3 is 1. The Bertz CT molecular complexity index is 902. The standard InChI is InChI=1S/C22H27FN4O3S/c1-3-10-24-22(29)26(11-12-30-2)15-21(28)27-19(16-6-8-17(23)9-7-16)14-18(25-27)20-5-4-13-31-20/h4-9,13,19H,3,10-12,14-15H2,1-2H3,(H,24,29)/t19-/m1/s1. The van der Waals surface area contributed by atoms with Gasteiger partial charge in [-0.05, 0) is 35.6 Å².